The fourth-order valence-electron chi connectivity index (χ4n) is 6.74. The molecular formula is C28H40. The third kappa shape index (κ3) is 3.53. The van der Waals surface area contributed by atoms with Crippen LogP contribution in [0.2, 0.25) is 0 Å². The molecule has 6 atom stereocenters. The van der Waals surface area contributed by atoms with E-state index < -0.39 is 0 Å². The van der Waals surface area contributed by atoms with Gasteiger partial charge in [0.1, 0.15) is 0 Å². The fourth-order valence-corrected chi connectivity index (χ4v) is 6.74. The van der Waals surface area contributed by atoms with Gasteiger partial charge >= 0.3 is 0 Å². The molecule has 6 unspecified atom stereocenters. The van der Waals surface area contributed by atoms with Crippen molar-refractivity contribution in [2.45, 2.75) is 85.0 Å². The van der Waals surface area contributed by atoms with Crippen molar-refractivity contribution in [3.8, 4) is 0 Å². The average Bonchev–Trinajstić information content (AvgIpc) is 2.70. The summed E-state index contributed by atoms with van der Waals surface area (Å²) < 4.78 is 0. The molecule has 4 aliphatic rings. The summed E-state index contributed by atoms with van der Waals surface area (Å²) in [5.74, 6) is 3.92. The lowest BCUT2D eigenvalue weighted by atomic mass is 9.42. The molecule has 2 bridgehead atoms. The molecular weight excluding hydrogens is 336 g/mol. The molecule has 1 saturated carbocycles. The fraction of sp³-hybridized carbons (Fsp3) is 0.643. The first-order chi connectivity index (χ1) is 13.6. The van der Waals surface area contributed by atoms with Crippen molar-refractivity contribution in [2.24, 2.45) is 29.1 Å². The van der Waals surface area contributed by atoms with Crippen molar-refractivity contribution in [3.05, 3.63) is 59.2 Å². The predicted molar refractivity (Wildman–Crippen MR) is 122 cm³/mol. The molecule has 1 aromatic rings. The molecule has 0 saturated heterocycles. The van der Waals surface area contributed by atoms with Gasteiger partial charge in [-0.2, -0.15) is 0 Å². The Hall–Kier alpha value is -1.30. The van der Waals surface area contributed by atoms with Crippen LogP contribution < -0.4 is 0 Å². The first-order valence-electron chi connectivity index (χ1n) is 12.0. The first kappa shape index (κ1) is 20.0. The molecule has 4 aliphatic carbocycles. The van der Waals surface area contributed by atoms with E-state index in [0.29, 0.717) is 11.3 Å². The SMILES string of the molecule is CCCC1=CC(c2ccccc2CCC)C2CC1C2(C)CC1C=CC(C)CC1. The van der Waals surface area contributed by atoms with E-state index in [9.17, 15) is 0 Å². The molecule has 0 heterocycles. The highest BCUT2D eigenvalue weighted by Crippen LogP contribution is 2.67. The number of rotatable bonds is 7. The molecule has 5 rings (SSSR count). The number of fused-ring (bicyclic) bond motifs is 1. The zero-order chi connectivity index (χ0) is 19.7. The van der Waals surface area contributed by atoms with E-state index in [2.05, 4.69) is 70.2 Å². The molecule has 0 spiro atoms. The van der Waals surface area contributed by atoms with Crippen LogP contribution in [0.1, 0.15) is 89.7 Å². The van der Waals surface area contributed by atoms with Crippen molar-refractivity contribution < 1.29 is 0 Å². The lowest BCUT2D eigenvalue weighted by molar-refractivity contribution is -0.0557. The number of benzene rings is 1. The largest absolute Gasteiger partial charge is 0.0854 e. The van der Waals surface area contributed by atoms with Gasteiger partial charge in [0, 0.05) is 5.92 Å². The molecule has 0 aliphatic heterocycles. The van der Waals surface area contributed by atoms with Gasteiger partial charge in [-0.05, 0) is 78.7 Å². The van der Waals surface area contributed by atoms with Crippen LogP contribution in [-0.2, 0) is 6.42 Å². The zero-order valence-corrected chi connectivity index (χ0v) is 18.6. The van der Waals surface area contributed by atoms with Gasteiger partial charge in [0.2, 0.25) is 0 Å². The van der Waals surface area contributed by atoms with Crippen LogP contribution in [0.15, 0.2) is 48.1 Å². The summed E-state index contributed by atoms with van der Waals surface area (Å²) >= 11 is 0. The van der Waals surface area contributed by atoms with Crippen LogP contribution >= 0.6 is 0 Å². The third-order valence-electron chi connectivity index (χ3n) is 8.29. The number of allylic oxidation sites excluding steroid dienone is 4. The minimum Gasteiger partial charge on any atom is -0.0854 e. The molecule has 1 aromatic carbocycles. The van der Waals surface area contributed by atoms with Gasteiger partial charge in [0.05, 0.1) is 0 Å². The summed E-state index contributed by atoms with van der Waals surface area (Å²) in [6, 6.07) is 9.34. The number of hydrogen-bond donors (Lipinski definition) is 0. The third-order valence-corrected chi connectivity index (χ3v) is 8.29. The van der Waals surface area contributed by atoms with Crippen LogP contribution in [0.25, 0.3) is 0 Å². The number of hydrogen-bond acceptors (Lipinski definition) is 0. The minimum atomic E-state index is 0.499. The van der Waals surface area contributed by atoms with E-state index in [1.807, 2.05) is 0 Å². The smallest absolute Gasteiger partial charge is 0.00574 e. The van der Waals surface area contributed by atoms with E-state index in [4.69, 9.17) is 0 Å². The second-order valence-corrected chi connectivity index (χ2v) is 10.3. The summed E-state index contributed by atoms with van der Waals surface area (Å²) in [5, 5.41) is 0. The quantitative estimate of drug-likeness (QED) is 0.422. The van der Waals surface area contributed by atoms with Crippen LogP contribution in [0.5, 0.6) is 0 Å². The maximum atomic E-state index is 2.72. The first-order valence-corrected chi connectivity index (χ1v) is 12.0. The molecule has 0 amide bonds. The average molecular weight is 377 g/mol. The second kappa shape index (κ2) is 8.21. The Balaban J connectivity index is 1.65. The van der Waals surface area contributed by atoms with E-state index in [1.165, 1.54) is 51.4 Å². The highest BCUT2D eigenvalue weighted by Gasteiger charge is 2.58. The molecule has 0 aromatic heterocycles. The lowest BCUT2D eigenvalue weighted by Gasteiger charge is -2.62. The highest BCUT2D eigenvalue weighted by molar-refractivity contribution is 5.41. The monoisotopic (exact) mass is 376 g/mol. The summed E-state index contributed by atoms with van der Waals surface area (Å²) in [6.07, 6.45) is 18.4. The Labute approximate surface area is 173 Å². The van der Waals surface area contributed by atoms with Crippen molar-refractivity contribution in [2.75, 3.05) is 0 Å². The van der Waals surface area contributed by atoms with Gasteiger partial charge in [-0.1, -0.05) is 88.6 Å². The Morgan fingerprint density at radius 3 is 2.50 bits per heavy atom. The standard InChI is InChI=1S/C28H40/c1-5-9-22-11-7-8-12-24(22)25-17-23(10-6-2)26-18-27(25)28(26,4)19-21-15-13-20(3)14-16-21/h7-8,11-13,15,17,20-21,25-27H,5-6,9-10,14,16,18-19H2,1-4H3. The second-order valence-electron chi connectivity index (χ2n) is 10.3. The Kier molecular flexibility index (Phi) is 5.86. The van der Waals surface area contributed by atoms with Crippen LogP contribution in [-0.4, -0.2) is 0 Å². The normalized spacial score (nSPS) is 36.7. The van der Waals surface area contributed by atoms with Gasteiger partial charge in [-0.25, -0.2) is 0 Å². The van der Waals surface area contributed by atoms with Crippen molar-refractivity contribution in [1.82, 2.24) is 0 Å². The van der Waals surface area contributed by atoms with Crippen LogP contribution in [0.4, 0.5) is 0 Å². The molecule has 0 radical (unpaired) electrons. The van der Waals surface area contributed by atoms with Crippen molar-refractivity contribution in [3.63, 3.8) is 0 Å². The van der Waals surface area contributed by atoms with Crippen molar-refractivity contribution in [1.29, 1.82) is 0 Å². The van der Waals surface area contributed by atoms with E-state index in [1.54, 1.807) is 16.7 Å². The van der Waals surface area contributed by atoms with E-state index in [0.717, 1.165) is 23.7 Å². The Morgan fingerprint density at radius 2 is 1.79 bits per heavy atom. The maximum Gasteiger partial charge on any atom is 0.00574 e. The summed E-state index contributed by atoms with van der Waals surface area (Å²) in [6.45, 7) is 9.69. The molecule has 0 heteroatoms. The van der Waals surface area contributed by atoms with Gasteiger partial charge in [0.15, 0.2) is 0 Å². The van der Waals surface area contributed by atoms with E-state index in [-0.39, 0.29) is 0 Å². The summed E-state index contributed by atoms with van der Waals surface area (Å²) in [5.41, 5.74) is 5.53. The van der Waals surface area contributed by atoms with Gasteiger partial charge < -0.3 is 0 Å². The maximum absolute atomic E-state index is 2.72. The molecule has 0 nitrogen and oxygen atoms in total. The Morgan fingerprint density at radius 1 is 1.00 bits per heavy atom. The molecule has 28 heavy (non-hydrogen) atoms. The minimum absolute atomic E-state index is 0.499. The number of aryl methyl sites for hydroxylation is 1. The molecule has 152 valence electrons. The molecule has 0 N–H and O–H groups in total. The molecule has 1 fully saturated rings. The predicted octanol–water partition coefficient (Wildman–Crippen LogP) is 8.10. The zero-order valence-electron chi connectivity index (χ0n) is 18.6. The van der Waals surface area contributed by atoms with Crippen LogP contribution in [0.3, 0.4) is 0 Å². The summed E-state index contributed by atoms with van der Waals surface area (Å²) in [7, 11) is 0. The topological polar surface area (TPSA) is 0 Å². The van der Waals surface area contributed by atoms with Gasteiger partial charge in [-0.15, -0.1) is 0 Å². The van der Waals surface area contributed by atoms with Gasteiger partial charge in [-0.3, -0.25) is 0 Å². The van der Waals surface area contributed by atoms with Crippen LogP contribution in [0, 0.1) is 29.1 Å². The lowest BCUT2D eigenvalue weighted by Crippen LogP contribution is -2.54. The van der Waals surface area contributed by atoms with Crippen molar-refractivity contribution >= 4 is 0 Å². The Bertz CT molecular complexity index is 738. The van der Waals surface area contributed by atoms with Gasteiger partial charge in [0.25, 0.3) is 0 Å². The van der Waals surface area contributed by atoms with E-state index >= 15 is 0 Å². The highest BCUT2D eigenvalue weighted by atomic mass is 14.6. The summed E-state index contributed by atoms with van der Waals surface area (Å²) in [4.78, 5) is 0.